The average Bonchev–Trinajstić information content (AvgIpc) is 3.04. The maximum absolute atomic E-state index is 12.6. The lowest BCUT2D eigenvalue weighted by atomic mass is 10.1. The fourth-order valence-electron chi connectivity index (χ4n) is 2.03. The fraction of sp³-hybridized carbons (Fsp3) is 0.125. The summed E-state index contributed by atoms with van der Waals surface area (Å²) in [5.41, 5.74) is 0.918. The number of halogens is 3. The molecule has 1 heterocycles. The van der Waals surface area contributed by atoms with Gasteiger partial charge in [-0.2, -0.15) is 13.2 Å². The zero-order chi connectivity index (χ0) is 17.3. The fourth-order valence-corrected chi connectivity index (χ4v) is 2.03. The van der Waals surface area contributed by atoms with Crippen molar-refractivity contribution >= 4 is 5.78 Å². The highest BCUT2D eigenvalue weighted by Crippen LogP contribution is 2.29. The molecule has 0 aliphatic rings. The van der Waals surface area contributed by atoms with Crippen molar-refractivity contribution in [2.75, 3.05) is 0 Å². The summed E-state index contributed by atoms with van der Waals surface area (Å²) in [6, 6.07) is 11.1. The van der Waals surface area contributed by atoms with E-state index in [1.165, 1.54) is 12.1 Å². The average molecular weight is 332 g/mol. The summed E-state index contributed by atoms with van der Waals surface area (Å²) in [7, 11) is 0. The van der Waals surface area contributed by atoms with Crippen molar-refractivity contribution < 1.29 is 18.0 Å². The summed E-state index contributed by atoms with van der Waals surface area (Å²) < 4.78 is 37.7. The predicted molar refractivity (Wildman–Crippen MR) is 78.8 cm³/mol. The second-order valence-electron chi connectivity index (χ2n) is 5.14. The number of nitrogens with zero attached hydrogens (tertiary/aromatic N) is 4. The van der Waals surface area contributed by atoms with Gasteiger partial charge in [0, 0.05) is 5.56 Å². The van der Waals surface area contributed by atoms with Crippen molar-refractivity contribution in [1.29, 1.82) is 0 Å². The van der Waals surface area contributed by atoms with Crippen molar-refractivity contribution in [2.45, 2.75) is 13.1 Å². The van der Waals surface area contributed by atoms with E-state index in [1.807, 2.05) is 6.92 Å². The largest absolute Gasteiger partial charge is 0.416 e. The van der Waals surface area contributed by atoms with Gasteiger partial charge < -0.3 is 0 Å². The Hall–Kier alpha value is -3.03. The number of carbonyl (C=O) groups is 1. The van der Waals surface area contributed by atoms with Gasteiger partial charge in [-0.1, -0.05) is 29.8 Å². The molecule has 2 aromatic carbocycles. The molecule has 0 radical (unpaired) electrons. The monoisotopic (exact) mass is 332 g/mol. The Morgan fingerprint density at radius 1 is 1.00 bits per heavy atom. The van der Waals surface area contributed by atoms with Gasteiger partial charge in [-0.15, -0.1) is 15.0 Å². The lowest BCUT2D eigenvalue weighted by molar-refractivity contribution is -0.137. The highest BCUT2D eigenvalue weighted by Gasteiger charge is 2.30. The van der Waals surface area contributed by atoms with Crippen LogP contribution in [0, 0.1) is 6.92 Å². The van der Waals surface area contributed by atoms with Crippen molar-refractivity contribution in [1.82, 2.24) is 20.2 Å². The molecule has 24 heavy (non-hydrogen) atoms. The smallest absolute Gasteiger partial charge is 0.285 e. The zero-order valence-corrected chi connectivity index (χ0v) is 12.4. The number of tetrazole rings is 1. The predicted octanol–water partition coefficient (Wildman–Crippen LogP) is 3.22. The van der Waals surface area contributed by atoms with Gasteiger partial charge in [-0.3, -0.25) is 4.79 Å². The molecule has 0 aliphatic carbocycles. The maximum atomic E-state index is 12.6. The number of benzene rings is 2. The van der Waals surface area contributed by atoms with E-state index >= 15 is 0 Å². The summed E-state index contributed by atoms with van der Waals surface area (Å²) in [6.07, 6.45) is -4.42. The van der Waals surface area contributed by atoms with Crippen LogP contribution in [0.1, 0.15) is 27.3 Å². The van der Waals surface area contributed by atoms with Crippen LogP contribution < -0.4 is 0 Å². The van der Waals surface area contributed by atoms with Gasteiger partial charge >= 0.3 is 6.18 Å². The number of hydrogen-bond donors (Lipinski definition) is 0. The number of ketones is 1. The second kappa shape index (κ2) is 5.88. The Bertz CT molecular complexity index is 868. The molecule has 0 bridgehead atoms. The maximum Gasteiger partial charge on any atom is 0.416 e. The first-order chi connectivity index (χ1) is 11.3. The van der Waals surface area contributed by atoms with Crippen LogP contribution in [0.15, 0.2) is 48.5 Å². The Morgan fingerprint density at radius 2 is 1.62 bits per heavy atom. The van der Waals surface area contributed by atoms with E-state index in [2.05, 4.69) is 15.4 Å². The Labute approximate surface area is 134 Å². The summed E-state index contributed by atoms with van der Waals surface area (Å²) in [6.45, 7) is 1.90. The third kappa shape index (κ3) is 3.17. The number of aryl methyl sites for hydroxylation is 1. The van der Waals surface area contributed by atoms with Crippen molar-refractivity contribution in [3.8, 4) is 5.69 Å². The van der Waals surface area contributed by atoms with Gasteiger partial charge in [-0.05, 0) is 36.4 Å². The lowest BCUT2D eigenvalue weighted by Crippen LogP contribution is -2.07. The first-order valence-corrected chi connectivity index (χ1v) is 6.93. The first kappa shape index (κ1) is 15.9. The third-order valence-corrected chi connectivity index (χ3v) is 3.36. The highest BCUT2D eigenvalue weighted by molar-refractivity contribution is 6.06. The summed E-state index contributed by atoms with van der Waals surface area (Å²) >= 11 is 0. The molecule has 0 spiro atoms. The van der Waals surface area contributed by atoms with Crippen LogP contribution in [0.2, 0.25) is 0 Å². The molecule has 0 saturated heterocycles. The molecule has 3 rings (SSSR count). The van der Waals surface area contributed by atoms with Gasteiger partial charge in [0.2, 0.25) is 11.6 Å². The Morgan fingerprint density at radius 3 is 2.21 bits per heavy atom. The van der Waals surface area contributed by atoms with Crippen LogP contribution in [0.4, 0.5) is 13.2 Å². The van der Waals surface area contributed by atoms with E-state index in [0.29, 0.717) is 5.56 Å². The Kier molecular flexibility index (Phi) is 3.88. The van der Waals surface area contributed by atoms with Gasteiger partial charge in [0.05, 0.1) is 11.3 Å². The molecule has 3 aromatic rings. The summed E-state index contributed by atoms with van der Waals surface area (Å²) in [5, 5.41) is 11.3. The quantitative estimate of drug-likeness (QED) is 0.691. The molecule has 0 saturated carbocycles. The molecule has 0 fully saturated rings. The molecule has 5 nitrogen and oxygen atoms in total. The molecular weight excluding hydrogens is 321 g/mol. The summed E-state index contributed by atoms with van der Waals surface area (Å²) in [5.74, 6) is -0.535. The van der Waals surface area contributed by atoms with Gasteiger partial charge in [0.1, 0.15) is 0 Å². The number of alkyl halides is 3. The van der Waals surface area contributed by atoms with E-state index in [4.69, 9.17) is 0 Å². The minimum Gasteiger partial charge on any atom is -0.285 e. The van der Waals surface area contributed by atoms with Crippen LogP contribution >= 0.6 is 0 Å². The number of rotatable bonds is 3. The normalized spacial score (nSPS) is 11.5. The minimum absolute atomic E-state index is 0.126. The van der Waals surface area contributed by atoms with Gasteiger partial charge in [0.25, 0.3) is 0 Å². The molecule has 0 aliphatic heterocycles. The first-order valence-electron chi connectivity index (χ1n) is 6.93. The van der Waals surface area contributed by atoms with Crippen LogP contribution in [-0.4, -0.2) is 26.0 Å². The topological polar surface area (TPSA) is 60.7 Å². The van der Waals surface area contributed by atoms with Crippen molar-refractivity contribution in [3.63, 3.8) is 0 Å². The molecular formula is C16H11F3N4O. The van der Waals surface area contributed by atoms with Gasteiger partial charge in [0.15, 0.2) is 0 Å². The van der Waals surface area contributed by atoms with E-state index in [1.54, 1.807) is 24.3 Å². The summed E-state index contributed by atoms with van der Waals surface area (Å²) in [4.78, 5) is 13.3. The van der Waals surface area contributed by atoms with Crippen LogP contribution in [0.5, 0.6) is 0 Å². The molecule has 0 amide bonds. The van der Waals surface area contributed by atoms with E-state index in [0.717, 1.165) is 22.5 Å². The lowest BCUT2D eigenvalue weighted by Gasteiger charge is -2.06. The third-order valence-electron chi connectivity index (χ3n) is 3.36. The zero-order valence-electron chi connectivity index (χ0n) is 12.4. The van der Waals surface area contributed by atoms with Crippen LogP contribution in [0.25, 0.3) is 5.69 Å². The van der Waals surface area contributed by atoms with E-state index in [-0.39, 0.29) is 11.5 Å². The van der Waals surface area contributed by atoms with E-state index < -0.39 is 17.5 Å². The van der Waals surface area contributed by atoms with Crippen LogP contribution in [-0.2, 0) is 6.18 Å². The molecule has 8 heteroatoms. The Balaban J connectivity index is 1.85. The molecule has 122 valence electrons. The molecule has 1 aromatic heterocycles. The van der Waals surface area contributed by atoms with E-state index in [9.17, 15) is 18.0 Å². The minimum atomic E-state index is -4.42. The molecule has 0 atom stereocenters. The van der Waals surface area contributed by atoms with Gasteiger partial charge in [-0.25, -0.2) is 0 Å². The number of hydrogen-bond acceptors (Lipinski definition) is 4. The van der Waals surface area contributed by atoms with Crippen molar-refractivity contribution in [2.24, 2.45) is 0 Å². The second-order valence-corrected chi connectivity index (χ2v) is 5.14. The highest BCUT2D eigenvalue weighted by atomic mass is 19.4. The standard InChI is InChI=1S/C16H11F3N4O/c1-10-2-4-11(5-3-10)14(24)15-20-22-23(21-15)13-8-6-12(7-9-13)16(17,18)19/h2-9H,1H3. The van der Waals surface area contributed by atoms with Crippen molar-refractivity contribution in [3.05, 3.63) is 71.0 Å². The molecule has 0 N–H and O–H groups in total. The molecule has 0 unspecified atom stereocenters. The number of carbonyl (C=O) groups excluding carboxylic acids is 1. The SMILES string of the molecule is Cc1ccc(C(=O)c2nnn(-c3ccc(C(F)(F)F)cc3)n2)cc1. The number of aromatic nitrogens is 4. The van der Waals surface area contributed by atoms with Crippen LogP contribution in [0.3, 0.4) is 0 Å².